The Balaban J connectivity index is 1.96. The monoisotopic (exact) mass is 329 g/mol. The SMILES string of the molecule is COC(=O)C(NC(=O)OC(C)(C)C)C1CCC2(CC1)OCCO2. The largest absolute Gasteiger partial charge is 0.467 e. The van der Waals surface area contributed by atoms with E-state index in [2.05, 4.69) is 5.32 Å². The fourth-order valence-corrected chi connectivity index (χ4v) is 3.13. The topological polar surface area (TPSA) is 83.1 Å². The molecule has 1 heterocycles. The van der Waals surface area contributed by atoms with Gasteiger partial charge in [0, 0.05) is 12.8 Å². The van der Waals surface area contributed by atoms with E-state index in [0.29, 0.717) is 26.1 Å². The van der Waals surface area contributed by atoms with Crippen molar-refractivity contribution in [3.8, 4) is 0 Å². The molecule has 2 rings (SSSR count). The quantitative estimate of drug-likeness (QED) is 0.797. The van der Waals surface area contributed by atoms with Gasteiger partial charge in [-0.15, -0.1) is 0 Å². The first kappa shape index (κ1) is 18.0. The number of methoxy groups -OCH3 is 1. The zero-order valence-corrected chi connectivity index (χ0v) is 14.3. The van der Waals surface area contributed by atoms with E-state index in [9.17, 15) is 9.59 Å². The number of amides is 1. The molecule has 7 heteroatoms. The number of alkyl carbamates (subject to hydrolysis) is 1. The van der Waals surface area contributed by atoms with E-state index >= 15 is 0 Å². The molecule has 7 nitrogen and oxygen atoms in total. The third-order valence-electron chi connectivity index (χ3n) is 4.20. The van der Waals surface area contributed by atoms with Crippen molar-refractivity contribution < 1.29 is 28.5 Å². The molecule has 1 N–H and O–H groups in total. The molecule has 0 aromatic carbocycles. The van der Waals surface area contributed by atoms with Crippen LogP contribution < -0.4 is 5.32 Å². The summed E-state index contributed by atoms with van der Waals surface area (Å²) < 4.78 is 21.5. The van der Waals surface area contributed by atoms with Crippen molar-refractivity contribution >= 4 is 12.1 Å². The lowest BCUT2D eigenvalue weighted by Gasteiger charge is -2.37. The highest BCUT2D eigenvalue weighted by Crippen LogP contribution is 2.39. The molecule has 1 aliphatic carbocycles. The minimum atomic E-state index is -0.714. The summed E-state index contributed by atoms with van der Waals surface area (Å²) in [5.74, 6) is -0.971. The van der Waals surface area contributed by atoms with E-state index in [0.717, 1.165) is 12.8 Å². The van der Waals surface area contributed by atoms with Gasteiger partial charge in [0.25, 0.3) is 0 Å². The maximum atomic E-state index is 12.1. The van der Waals surface area contributed by atoms with Crippen LogP contribution in [0.4, 0.5) is 4.79 Å². The molecule has 1 unspecified atom stereocenters. The normalized spacial score (nSPS) is 22.6. The van der Waals surface area contributed by atoms with Crippen LogP contribution >= 0.6 is 0 Å². The number of esters is 1. The molecule has 2 aliphatic rings. The van der Waals surface area contributed by atoms with Crippen molar-refractivity contribution in [1.82, 2.24) is 5.32 Å². The highest BCUT2D eigenvalue weighted by Gasteiger charge is 2.44. The second kappa shape index (κ2) is 7.05. The molecule has 2 fully saturated rings. The first-order chi connectivity index (χ1) is 10.7. The van der Waals surface area contributed by atoms with Gasteiger partial charge < -0.3 is 24.3 Å². The van der Waals surface area contributed by atoms with Crippen molar-refractivity contribution in [2.24, 2.45) is 5.92 Å². The second-order valence-electron chi connectivity index (χ2n) is 7.09. The molecule has 1 amide bonds. The molecule has 0 radical (unpaired) electrons. The summed E-state index contributed by atoms with van der Waals surface area (Å²) in [5, 5.41) is 2.66. The fourth-order valence-electron chi connectivity index (χ4n) is 3.13. The molecule has 1 atom stereocenters. The van der Waals surface area contributed by atoms with Crippen LogP contribution in [0.15, 0.2) is 0 Å². The highest BCUT2D eigenvalue weighted by atomic mass is 16.7. The fraction of sp³-hybridized carbons (Fsp3) is 0.875. The minimum Gasteiger partial charge on any atom is -0.467 e. The van der Waals surface area contributed by atoms with Crippen LogP contribution in [0.3, 0.4) is 0 Å². The molecular formula is C16H27NO6. The lowest BCUT2D eigenvalue weighted by Crippen LogP contribution is -2.50. The van der Waals surface area contributed by atoms with Crippen LogP contribution in [-0.2, 0) is 23.7 Å². The van der Waals surface area contributed by atoms with Crippen LogP contribution in [0.5, 0.6) is 0 Å². The van der Waals surface area contributed by atoms with Crippen LogP contribution in [0.1, 0.15) is 46.5 Å². The third-order valence-corrected chi connectivity index (χ3v) is 4.20. The van der Waals surface area contributed by atoms with Crippen LogP contribution in [0, 0.1) is 5.92 Å². The molecule has 0 aromatic heterocycles. The average Bonchev–Trinajstić information content (AvgIpc) is 2.91. The van der Waals surface area contributed by atoms with Gasteiger partial charge in [-0.25, -0.2) is 9.59 Å². The van der Waals surface area contributed by atoms with E-state index in [1.807, 2.05) is 0 Å². The Morgan fingerprint density at radius 3 is 2.22 bits per heavy atom. The summed E-state index contributed by atoms with van der Waals surface area (Å²) in [4.78, 5) is 24.1. The van der Waals surface area contributed by atoms with Gasteiger partial charge in [0.15, 0.2) is 5.79 Å². The molecule has 0 aromatic rings. The summed E-state index contributed by atoms with van der Waals surface area (Å²) in [6, 6.07) is -0.714. The summed E-state index contributed by atoms with van der Waals surface area (Å²) in [5.41, 5.74) is -0.618. The third kappa shape index (κ3) is 4.81. The molecule has 23 heavy (non-hydrogen) atoms. The summed E-state index contributed by atoms with van der Waals surface area (Å²) >= 11 is 0. The lowest BCUT2D eigenvalue weighted by atomic mass is 9.80. The first-order valence-electron chi connectivity index (χ1n) is 8.10. The number of hydrogen-bond acceptors (Lipinski definition) is 6. The number of nitrogens with one attached hydrogen (secondary N) is 1. The number of carbonyl (C=O) groups is 2. The van der Waals surface area contributed by atoms with Gasteiger partial charge in [-0.1, -0.05) is 0 Å². The van der Waals surface area contributed by atoms with Crippen LogP contribution in [0.25, 0.3) is 0 Å². The van der Waals surface area contributed by atoms with Crippen LogP contribution in [0.2, 0.25) is 0 Å². The Bertz CT molecular complexity index is 428. The van der Waals surface area contributed by atoms with E-state index in [1.54, 1.807) is 20.8 Å². The predicted molar refractivity (Wildman–Crippen MR) is 81.8 cm³/mol. The molecule has 1 saturated heterocycles. The minimum absolute atomic E-state index is 0.0200. The van der Waals surface area contributed by atoms with Gasteiger partial charge in [-0.2, -0.15) is 0 Å². The highest BCUT2D eigenvalue weighted by molar-refractivity contribution is 5.81. The number of hydrogen-bond donors (Lipinski definition) is 1. The number of rotatable bonds is 3. The Labute approximate surface area is 137 Å². The van der Waals surface area contributed by atoms with Gasteiger partial charge in [0.05, 0.1) is 20.3 Å². The Morgan fingerprint density at radius 2 is 1.74 bits per heavy atom. The number of carbonyl (C=O) groups excluding carboxylic acids is 2. The van der Waals surface area contributed by atoms with Gasteiger partial charge in [-0.05, 0) is 39.5 Å². The summed E-state index contributed by atoms with van der Waals surface area (Å²) in [6.45, 7) is 6.55. The molecule has 1 spiro atoms. The Kier molecular flexibility index (Phi) is 5.52. The van der Waals surface area contributed by atoms with Gasteiger partial charge >= 0.3 is 12.1 Å². The van der Waals surface area contributed by atoms with Gasteiger partial charge in [-0.3, -0.25) is 0 Å². The maximum Gasteiger partial charge on any atom is 0.408 e. The van der Waals surface area contributed by atoms with Crippen molar-refractivity contribution in [3.63, 3.8) is 0 Å². The van der Waals surface area contributed by atoms with Gasteiger partial charge in [0.2, 0.25) is 0 Å². The van der Waals surface area contributed by atoms with E-state index in [1.165, 1.54) is 7.11 Å². The predicted octanol–water partition coefficient (Wildman–Crippen LogP) is 1.99. The van der Waals surface area contributed by atoms with E-state index in [-0.39, 0.29) is 5.92 Å². The second-order valence-corrected chi connectivity index (χ2v) is 7.09. The molecule has 132 valence electrons. The lowest BCUT2D eigenvalue weighted by molar-refractivity contribution is -0.185. The Morgan fingerprint density at radius 1 is 1.17 bits per heavy atom. The molecular weight excluding hydrogens is 302 g/mol. The average molecular weight is 329 g/mol. The molecule has 0 bridgehead atoms. The van der Waals surface area contributed by atoms with E-state index in [4.69, 9.17) is 18.9 Å². The zero-order valence-electron chi connectivity index (χ0n) is 14.3. The Hall–Kier alpha value is -1.34. The first-order valence-corrected chi connectivity index (χ1v) is 8.10. The van der Waals surface area contributed by atoms with Crippen molar-refractivity contribution in [2.75, 3.05) is 20.3 Å². The summed E-state index contributed by atoms with van der Waals surface area (Å²) in [6.07, 6.45) is 2.24. The molecule has 1 aliphatic heterocycles. The van der Waals surface area contributed by atoms with Gasteiger partial charge in [0.1, 0.15) is 11.6 Å². The standard InChI is InChI=1S/C16H27NO6/c1-15(2,3)23-14(19)17-12(13(18)20-4)11-5-7-16(8-6-11)21-9-10-22-16/h11-12H,5-10H2,1-4H3,(H,17,19). The smallest absolute Gasteiger partial charge is 0.408 e. The molecule has 1 saturated carbocycles. The van der Waals surface area contributed by atoms with Crippen molar-refractivity contribution in [1.29, 1.82) is 0 Å². The number of ether oxygens (including phenoxy) is 4. The van der Waals surface area contributed by atoms with Crippen molar-refractivity contribution in [2.45, 2.75) is 63.9 Å². The maximum absolute atomic E-state index is 12.1. The summed E-state index contributed by atoms with van der Waals surface area (Å²) in [7, 11) is 1.32. The van der Waals surface area contributed by atoms with E-state index < -0.39 is 29.5 Å². The zero-order chi connectivity index (χ0) is 17.1. The van der Waals surface area contributed by atoms with Crippen LogP contribution in [-0.4, -0.2) is 49.8 Å². The van der Waals surface area contributed by atoms with Crippen molar-refractivity contribution in [3.05, 3.63) is 0 Å².